The summed E-state index contributed by atoms with van der Waals surface area (Å²) in [4.78, 5) is 18.7. The van der Waals surface area contributed by atoms with Crippen molar-refractivity contribution in [2.45, 2.75) is 52.9 Å². The van der Waals surface area contributed by atoms with Crippen molar-refractivity contribution in [3.63, 3.8) is 0 Å². The SMILES string of the molecule is Cc1ccc(C(C)C(C)c2cc(-n3nc(C)nc3Cc3ccccc3)nc(C)n2)nc1. The Balaban J connectivity index is 1.68. The first kappa shape index (κ1) is 20.8. The summed E-state index contributed by atoms with van der Waals surface area (Å²) in [6.45, 7) is 10.3. The van der Waals surface area contributed by atoms with Gasteiger partial charge in [-0.2, -0.15) is 4.68 Å². The van der Waals surface area contributed by atoms with Gasteiger partial charge in [0.15, 0.2) is 5.82 Å². The van der Waals surface area contributed by atoms with Crippen LogP contribution >= 0.6 is 0 Å². The Morgan fingerprint density at radius 1 is 0.806 bits per heavy atom. The zero-order valence-electron chi connectivity index (χ0n) is 18.7. The molecule has 0 bridgehead atoms. The van der Waals surface area contributed by atoms with E-state index in [1.54, 1.807) is 0 Å². The third-order valence-electron chi connectivity index (χ3n) is 5.66. The summed E-state index contributed by atoms with van der Waals surface area (Å²) in [5.74, 6) is 3.48. The Morgan fingerprint density at radius 3 is 2.26 bits per heavy atom. The number of nitrogens with zero attached hydrogens (tertiary/aromatic N) is 6. The highest BCUT2D eigenvalue weighted by Crippen LogP contribution is 2.31. The Kier molecular flexibility index (Phi) is 5.89. The van der Waals surface area contributed by atoms with Crippen LogP contribution in [0, 0.1) is 20.8 Å². The van der Waals surface area contributed by atoms with E-state index in [9.17, 15) is 0 Å². The Bertz CT molecular complexity index is 1160. The number of benzene rings is 1. The summed E-state index contributed by atoms with van der Waals surface area (Å²) in [6, 6.07) is 16.5. The average Bonchev–Trinajstić information content (AvgIpc) is 3.13. The van der Waals surface area contributed by atoms with Crippen LogP contribution in [0.2, 0.25) is 0 Å². The molecule has 0 aliphatic heterocycles. The summed E-state index contributed by atoms with van der Waals surface area (Å²) < 4.78 is 1.85. The van der Waals surface area contributed by atoms with Gasteiger partial charge in [-0.3, -0.25) is 4.98 Å². The maximum Gasteiger partial charge on any atom is 0.159 e. The second kappa shape index (κ2) is 8.76. The Morgan fingerprint density at radius 2 is 1.55 bits per heavy atom. The molecule has 0 fully saturated rings. The molecule has 0 amide bonds. The highest BCUT2D eigenvalue weighted by Gasteiger charge is 2.21. The minimum absolute atomic E-state index is 0.179. The molecule has 31 heavy (non-hydrogen) atoms. The fraction of sp³-hybridized carbons (Fsp3) is 0.320. The first-order valence-electron chi connectivity index (χ1n) is 10.7. The predicted molar refractivity (Wildman–Crippen MR) is 121 cm³/mol. The minimum Gasteiger partial charge on any atom is -0.261 e. The highest BCUT2D eigenvalue weighted by molar-refractivity contribution is 5.31. The second-order valence-corrected chi connectivity index (χ2v) is 8.19. The summed E-state index contributed by atoms with van der Waals surface area (Å²) in [7, 11) is 0. The van der Waals surface area contributed by atoms with Crippen LogP contribution in [0.3, 0.4) is 0 Å². The quantitative estimate of drug-likeness (QED) is 0.452. The van der Waals surface area contributed by atoms with Gasteiger partial charge in [0.1, 0.15) is 17.5 Å². The van der Waals surface area contributed by atoms with Crippen molar-refractivity contribution in [2.24, 2.45) is 0 Å². The molecule has 0 saturated carbocycles. The van der Waals surface area contributed by atoms with Crippen LogP contribution in [0.1, 0.15) is 65.7 Å². The summed E-state index contributed by atoms with van der Waals surface area (Å²) in [5, 5.41) is 4.63. The molecule has 3 heterocycles. The maximum absolute atomic E-state index is 4.74. The normalized spacial score (nSPS) is 13.2. The predicted octanol–water partition coefficient (Wildman–Crippen LogP) is 4.88. The third-order valence-corrected chi connectivity index (χ3v) is 5.66. The molecule has 4 aromatic rings. The Hall–Kier alpha value is -3.41. The fourth-order valence-corrected chi connectivity index (χ4v) is 3.71. The first-order chi connectivity index (χ1) is 14.9. The fourth-order valence-electron chi connectivity index (χ4n) is 3.71. The van der Waals surface area contributed by atoms with E-state index in [0.29, 0.717) is 6.42 Å². The van der Waals surface area contributed by atoms with Crippen LogP contribution in [0.5, 0.6) is 0 Å². The molecule has 0 saturated heterocycles. The summed E-state index contributed by atoms with van der Waals surface area (Å²) in [6.07, 6.45) is 2.61. The zero-order chi connectivity index (χ0) is 22.0. The van der Waals surface area contributed by atoms with Crippen LogP contribution in [-0.2, 0) is 6.42 Å². The van der Waals surface area contributed by atoms with E-state index in [1.165, 1.54) is 5.56 Å². The topological polar surface area (TPSA) is 69.4 Å². The molecule has 3 aromatic heterocycles. The van der Waals surface area contributed by atoms with Gasteiger partial charge in [0.2, 0.25) is 0 Å². The number of hydrogen-bond donors (Lipinski definition) is 0. The van der Waals surface area contributed by atoms with Gasteiger partial charge in [-0.25, -0.2) is 15.0 Å². The monoisotopic (exact) mass is 412 g/mol. The molecule has 2 atom stereocenters. The molecule has 0 aliphatic carbocycles. The smallest absolute Gasteiger partial charge is 0.159 e. The summed E-state index contributed by atoms with van der Waals surface area (Å²) >= 11 is 0. The lowest BCUT2D eigenvalue weighted by Crippen LogP contribution is -2.13. The van der Waals surface area contributed by atoms with Crippen LogP contribution in [0.15, 0.2) is 54.7 Å². The van der Waals surface area contributed by atoms with E-state index >= 15 is 0 Å². The largest absolute Gasteiger partial charge is 0.261 e. The number of aryl methyl sites for hydroxylation is 3. The lowest BCUT2D eigenvalue weighted by Gasteiger charge is -2.20. The first-order valence-corrected chi connectivity index (χ1v) is 10.7. The van der Waals surface area contributed by atoms with Gasteiger partial charge in [0.05, 0.1) is 0 Å². The van der Waals surface area contributed by atoms with Crippen molar-refractivity contribution in [3.05, 3.63) is 94.7 Å². The van der Waals surface area contributed by atoms with Gasteiger partial charge in [-0.05, 0) is 38.0 Å². The molecule has 0 spiro atoms. The molecular formula is C25H28N6. The second-order valence-electron chi connectivity index (χ2n) is 8.19. The molecule has 0 N–H and O–H groups in total. The molecule has 6 heteroatoms. The van der Waals surface area contributed by atoms with Crippen LogP contribution in [0.25, 0.3) is 5.82 Å². The van der Waals surface area contributed by atoms with Gasteiger partial charge in [-0.15, -0.1) is 5.10 Å². The highest BCUT2D eigenvalue weighted by atomic mass is 15.4. The van der Waals surface area contributed by atoms with E-state index in [2.05, 4.69) is 65.1 Å². The van der Waals surface area contributed by atoms with Gasteiger partial charge >= 0.3 is 0 Å². The van der Waals surface area contributed by atoms with E-state index in [4.69, 9.17) is 4.98 Å². The molecule has 2 unspecified atom stereocenters. The van der Waals surface area contributed by atoms with E-state index in [-0.39, 0.29) is 11.8 Å². The number of aromatic nitrogens is 6. The molecule has 6 nitrogen and oxygen atoms in total. The minimum atomic E-state index is 0.179. The van der Waals surface area contributed by atoms with Crippen molar-refractivity contribution in [2.75, 3.05) is 0 Å². The van der Waals surface area contributed by atoms with Crippen LogP contribution < -0.4 is 0 Å². The number of pyridine rings is 1. The average molecular weight is 413 g/mol. The molecular weight excluding hydrogens is 384 g/mol. The maximum atomic E-state index is 4.74. The van der Waals surface area contributed by atoms with E-state index in [1.807, 2.05) is 49.0 Å². The van der Waals surface area contributed by atoms with Crippen molar-refractivity contribution in [1.82, 2.24) is 29.7 Å². The van der Waals surface area contributed by atoms with Crippen LogP contribution in [-0.4, -0.2) is 29.7 Å². The molecule has 4 rings (SSSR count). The lowest BCUT2D eigenvalue weighted by atomic mass is 9.89. The van der Waals surface area contributed by atoms with Crippen molar-refractivity contribution in [1.29, 1.82) is 0 Å². The molecule has 158 valence electrons. The van der Waals surface area contributed by atoms with Gasteiger partial charge in [0, 0.05) is 41.9 Å². The van der Waals surface area contributed by atoms with Gasteiger partial charge in [0.25, 0.3) is 0 Å². The van der Waals surface area contributed by atoms with Gasteiger partial charge < -0.3 is 0 Å². The third kappa shape index (κ3) is 4.68. The van der Waals surface area contributed by atoms with Crippen molar-refractivity contribution >= 4 is 0 Å². The molecule has 0 radical (unpaired) electrons. The summed E-state index contributed by atoms with van der Waals surface area (Å²) in [5.41, 5.74) is 4.40. The standard InChI is InChI=1S/C25H28N6/c1-16-11-12-22(26-15-16)17(2)18(3)23-14-25(28-19(4)27-23)31-24(29-20(5)30-31)13-21-9-7-6-8-10-21/h6-12,14-15,17-18H,13H2,1-5H3. The van der Waals surface area contributed by atoms with Crippen molar-refractivity contribution in [3.8, 4) is 5.82 Å². The van der Waals surface area contributed by atoms with Crippen molar-refractivity contribution < 1.29 is 0 Å². The lowest BCUT2D eigenvalue weighted by molar-refractivity contribution is 0.587. The zero-order valence-corrected chi connectivity index (χ0v) is 18.7. The van der Waals surface area contributed by atoms with Gasteiger partial charge in [-0.1, -0.05) is 50.2 Å². The molecule has 1 aromatic carbocycles. The van der Waals surface area contributed by atoms with Crippen LogP contribution in [0.4, 0.5) is 0 Å². The number of hydrogen-bond acceptors (Lipinski definition) is 5. The number of rotatable bonds is 6. The Labute approximate surface area is 183 Å². The van der Waals surface area contributed by atoms with E-state index in [0.717, 1.165) is 40.2 Å². The molecule has 0 aliphatic rings. The van der Waals surface area contributed by atoms with E-state index < -0.39 is 0 Å².